The fraction of sp³-hybridized carbons (Fsp3) is 0.130. The topological polar surface area (TPSA) is 41.1 Å². The summed E-state index contributed by atoms with van der Waals surface area (Å²) in [4.78, 5) is 11.6. The first-order valence-electron chi connectivity index (χ1n) is 9.06. The number of aryl methyl sites for hydroxylation is 1. The van der Waals surface area contributed by atoms with Crippen LogP contribution in [0.2, 0.25) is 0 Å². The Balaban J connectivity index is 0.00000225. The molecule has 0 aliphatic carbocycles. The van der Waals surface area contributed by atoms with Crippen LogP contribution in [0.3, 0.4) is 0 Å². The van der Waals surface area contributed by atoms with Crippen LogP contribution in [-0.2, 0) is 6.54 Å². The highest BCUT2D eigenvalue weighted by Crippen LogP contribution is 2.29. The molecule has 5 heteroatoms. The van der Waals surface area contributed by atoms with Crippen molar-refractivity contribution in [3.63, 3.8) is 0 Å². The van der Waals surface area contributed by atoms with Gasteiger partial charge >= 0.3 is 0 Å². The first-order chi connectivity index (χ1) is 13.2. The van der Waals surface area contributed by atoms with Crippen molar-refractivity contribution in [3.8, 4) is 0 Å². The van der Waals surface area contributed by atoms with Crippen LogP contribution in [0.1, 0.15) is 11.1 Å². The van der Waals surface area contributed by atoms with Gasteiger partial charge in [-0.2, -0.15) is 4.98 Å². The number of hydrogen-bond acceptors (Lipinski definition) is 4. The largest absolute Gasteiger partial charge is 0.350 e. The summed E-state index contributed by atoms with van der Waals surface area (Å²) in [5, 5.41) is 4.42. The van der Waals surface area contributed by atoms with Crippen molar-refractivity contribution in [2.45, 2.75) is 13.5 Å². The van der Waals surface area contributed by atoms with Crippen molar-refractivity contribution in [1.82, 2.24) is 9.97 Å². The zero-order valence-electron chi connectivity index (χ0n) is 16.0. The highest BCUT2D eigenvalue weighted by Gasteiger charge is 2.13. The smallest absolute Gasteiger partial charge is 0.225 e. The predicted molar refractivity (Wildman–Crippen MR) is 120 cm³/mol. The lowest BCUT2D eigenvalue weighted by Gasteiger charge is -2.21. The van der Waals surface area contributed by atoms with Crippen LogP contribution in [0.25, 0.3) is 10.9 Å². The Morgan fingerprint density at radius 3 is 2.29 bits per heavy atom. The molecule has 0 saturated carbocycles. The van der Waals surface area contributed by atoms with Crippen LogP contribution < -0.4 is 10.2 Å². The molecule has 1 N–H and O–H groups in total. The van der Waals surface area contributed by atoms with Crippen molar-refractivity contribution < 1.29 is 0 Å². The summed E-state index contributed by atoms with van der Waals surface area (Å²) in [6, 6.07) is 26.7. The SMILES string of the molecule is Cc1ccccc1CNc1nc(N(C)c2ccccc2)c2ccccc2n1.Cl. The lowest BCUT2D eigenvalue weighted by atomic mass is 10.1. The Labute approximate surface area is 171 Å². The van der Waals surface area contributed by atoms with Gasteiger partial charge in [-0.1, -0.05) is 54.6 Å². The standard InChI is InChI=1S/C23H22N4.ClH/c1-17-10-6-7-11-18(17)16-24-23-25-21-15-9-8-14-20(21)22(26-23)27(2)19-12-4-3-5-13-19;/h3-15H,16H2,1-2H3,(H,24,25,26);1H. The minimum absolute atomic E-state index is 0. The van der Waals surface area contributed by atoms with E-state index < -0.39 is 0 Å². The van der Waals surface area contributed by atoms with E-state index in [2.05, 4.69) is 59.6 Å². The van der Waals surface area contributed by atoms with Gasteiger partial charge in [0.1, 0.15) is 5.82 Å². The molecule has 1 aromatic heterocycles. The van der Waals surface area contributed by atoms with Gasteiger partial charge in [0.25, 0.3) is 0 Å². The van der Waals surface area contributed by atoms with Gasteiger partial charge in [0.05, 0.1) is 5.52 Å². The third kappa shape index (κ3) is 4.07. The maximum Gasteiger partial charge on any atom is 0.225 e. The van der Waals surface area contributed by atoms with E-state index in [9.17, 15) is 0 Å². The van der Waals surface area contributed by atoms with Crippen LogP contribution in [-0.4, -0.2) is 17.0 Å². The molecular formula is C23H23ClN4. The zero-order valence-corrected chi connectivity index (χ0v) is 16.8. The van der Waals surface area contributed by atoms with Crippen LogP contribution >= 0.6 is 12.4 Å². The normalized spacial score (nSPS) is 10.4. The van der Waals surface area contributed by atoms with Crippen molar-refractivity contribution in [2.75, 3.05) is 17.3 Å². The highest BCUT2D eigenvalue weighted by molar-refractivity contribution is 5.92. The number of benzene rings is 3. The Hall–Kier alpha value is -3.11. The minimum Gasteiger partial charge on any atom is -0.350 e. The molecule has 0 amide bonds. The highest BCUT2D eigenvalue weighted by atomic mass is 35.5. The summed E-state index contributed by atoms with van der Waals surface area (Å²) < 4.78 is 0. The number of nitrogens with zero attached hydrogens (tertiary/aromatic N) is 3. The van der Waals surface area contributed by atoms with E-state index in [0.717, 1.165) is 22.4 Å². The van der Waals surface area contributed by atoms with Gasteiger partial charge in [0.2, 0.25) is 5.95 Å². The molecule has 0 radical (unpaired) electrons. The molecule has 0 bridgehead atoms. The summed E-state index contributed by atoms with van der Waals surface area (Å²) >= 11 is 0. The fourth-order valence-corrected chi connectivity index (χ4v) is 3.15. The van der Waals surface area contributed by atoms with Crippen molar-refractivity contribution in [2.24, 2.45) is 0 Å². The van der Waals surface area contributed by atoms with Gasteiger partial charge in [0, 0.05) is 24.7 Å². The number of anilines is 3. The molecule has 0 aliphatic heterocycles. The third-order valence-corrected chi connectivity index (χ3v) is 4.74. The number of para-hydroxylation sites is 2. The third-order valence-electron chi connectivity index (χ3n) is 4.74. The van der Waals surface area contributed by atoms with E-state index in [1.807, 2.05) is 43.4 Å². The molecule has 0 fully saturated rings. The molecule has 4 aromatic rings. The van der Waals surface area contributed by atoms with Crippen molar-refractivity contribution in [3.05, 3.63) is 90.0 Å². The molecule has 0 atom stereocenters. The average molecular weight is 391 g/mol. The molecular weight excluding hydrogens is 368 g/mol. The maximum atomic E-state index is 4.83. The summed E-state index contributed by atoms with van der Waals surface area (Å²) in [5.41, 5.74) is 4.52. The number of halogens is 1. The number of hydrogen-bond donors (Lipinski definition) is 1. The van der Waals surface area contributed by atoms with Gasteiger partial charge in [0.15, 0.2) is 0 Å². The van der Waals surface area contributed by atoms with Gasteiger partial charge in [-0.05, 0) is 42.3 Å². The van der Waals surface area contributed by atoms with Gasteiger partial charge in [-0.25, -0.2) is 4.98 Å². The van der Waals surface area contributed by atoms with Crippen LogP contribution in [0, 0.1) is 6.92 Å². The van der Waals surface area contributed by atoms with E-state index in [-0.39, 0.29) is 12.4 Å². The van der Waals surface area contributed by atoms with E-state index in [0.29, 0.717) is 12.5 Å². The van der Waals surface area contributed by atoms with Gasteiger partial charge in [-0.3, -0.25) is 0 Å². The van der Waals surface area contributed by atoms with E-state index >= 15 is 0 Å². The molecule has 28 heavy (non-hydrogen) atoms. The lowest BCUT2D eigenvalue weighted by molar-refractivity contribution is 1.04. The van der Waals surface area contributed by atoms with Gasteiger partial charge in [-0.15, -0.1) is 12.4 Å². The predicted octanol–water partition coefficient (Wildman–Crippen LogP) is 5.74. The number of fused-ring (bicyclic) bond motifs is 1. The molecule has 0 saturated heterocycles. The second kappa shape index (κ2) is 8.72. The second-order valence-corrected chi connectivity index (χ2v) is 6.56. The Morgan fingerprint density at radius 2 is 1.50 bits per heavy atom. The Kier molecular flexibility index (Phi) is 6.12. The second-order valence-electron chi connectivity index (χ2n) is 6.56. The zero-order chi connectivity index (χ0) is 18.6. The van der Waals surface area contributed by atoms with E-state index in [1.54, 1.807) is 0 Å². The van der Waals surface area contributed by atoms with Crippen molar-refractivity contribution >= 4 is 40.8 Å². The Morgan fingerprint density at radius 1 is 0.821 bits per heavy atom. The summed E-state index contributed by atoms with van der Waals surface area (Å²) in [5.74, 6) is 1.52. The maximum absolute atomic E-state index is 4.83. The summed E-state index contributed by atoms with van der Waals surface area (Å²) in [7, 11) is 2.04. The van der Waals surface area contributed by atoms with Crippen LogP contribution in [0.5, 0.6) is 0 Å². The summed E-state index contributed by atoms with van der Waals surface area (Å²) in [6.07, 6.45) is 0. The summed E-state index contributed by atoms with van der Waals surface area (Å²) in [6.45, 7) is 2.81. The van der Waals surface area contributed by atoms with E-state index in [1.165, 1.54) is 11.1 Å². The monoisotopic (exact) mass is 390 g/mol. The fourth-order valence-electron chi connectivity index (χ4n) is 3.15. The molecule has 3 aromatic carbocycles. The van der Waals surface area contributed by atoms with Crippen molar-refractivity contribution in [1.29, 1.82) is 0 Å². The lowest BCUT2D eigenvalue weighted by Crippen LogP contribution is -2.14. The average Bonchev–Trinajstić information content (AvgIpc) is 2.72. The van der Waals surface area contributed by atoms with Crippen LogP contribution in [0.15, 0.2) is 78.9 Å². The quantitative estimate of drug-likeness (QED) is 0.471. The molecule has 142 valence electrons. The molecule has 0 unspecified atom stereocenters. The van der Waals surface area contributed by atoms with Crippen LogP contribution in [0.4, 0.5) is 17.5 Å². The molecule has 0 spiro atoms. The number of rotatable bonds is 5. The number of nitrogens with one attached hydrogen (secondary N) is 1. The molecule has 1 heterocycles. The Bertz CT molecular complexity index is 1070. The van der Waals surface area contributed by atoms with Gasteiger partial charge < -0.3 is 10.2 Å². The molecule has 4 rings (SSSR count). The minimum atomic E-state index is 0. The van der Waals surface area contributed by atoms with E-state index in [4.69, 9.17) is 9.97 Å². The molecule has 4 nitrogen and oxygen atoms in total. The number of aromatic nitrogens is 2. The first-order valence-corrected chi connectivity index (χ1v) is 9.06. The molecule has 0 aliphatic rings. The first kappa shape index (κ1) is 19.6.